The molecule has 14 heteroatoms. The molecule has 0 saturated carbocycles. The number of aliphatic carboxylic acids is 1. The first-order valence-electron chi connectivity index (χ1n) is 16.2. The third-order valence-electron chi connectivity index (χ3n) is 7.80. The summed E-state index contributed by atoms with van der Waals surface area (Å²) in [7, 11) is 1.66. The maximum Gasteiger partial charge on any atom is 0.330 e. The van der Waals surface area contributed by atoms with E-state index < -0.39 is 5.97 Å². The Bertz CT molecular complexity index is 1780. The molecule has 50 heavy (non-hydrogen) atoms. The second-order valence-electron chi connectivity index (χ2n) is 11.5. The van der Waals surface area contributed by atoms with Crippen LogP contribution in [0.4, 0.5) is 39.3 Å². The van der Waals surface area contributed by atoms with Gasteiger partial charge in [-0.15, -0.1) is 0 Å². The van der Waals surface area contributed by atoms with Gasteiger partial charge in [-0.2, -0.15) is 4.98 Å². The Morgan fingerprint density at radius 2 is 1.76 bits per heavy atom. The fraction of sp³-hybridized carbons (Fsp3) is 0.306. The molecule has 1 aliphatic rings. The Morgan fingerprint density at radius 3 is 2.44 bits per heavy atom. The van der Waals surface area contributed by atoms with Crippen molar-refractivity contribution in [3.63, 3.8) is 0 Å². The van der Waals surface area contributed by atoms with Crippen molar-refractivity contribution < 1.29 is 24.2 Å². The predicted molar refractivity (Wildman–Crippen MR) is 198 cm³/mol. The van der Waals surface area contributed by atoms with Gasteiger partial charge in [0.15, 0.2) is 0 Å². The zero-order valence-corrected chi connectivity index (χ0v) is 29.4. The van der Waals surface area contributed by atoms with E-state index in [-0.39, 0.29) is 24.9 Å². The van der Waals surface area contributed by atoms with Crippen molar-refractivity contribution in [2.24, 2.45) is 0 Å². The van der Waals surface area contributed by atoms with Crippen LogP contribution in [0.1, 0.15) is 38.3 Å². The molecule has 13 nitrogen and oxygen atoms in total. The summed E-state index contributed by atoms with van der Waals surface area (Å²) >= 11 is 6.55. The first-order valence-corrected chi connectivity index (χ1v) is 16.6. The average Bonchev–Trinajstić information content (AvgIpc) is 3.09. The number of urea groups is 1. The fourth-order valence-electron chi connectivity index (χ4n) is 5.18. The number of ether oxygens (including phenoxy) is 1. The zero-order valence-electron chi connectivity index (χ0n) is 28.6. The van der Waals surface area contributed by atoms with Gasteiger partial charge in [-0.05, 0) is 79.7 Å². The Balaban J connectivity index is 0.00000133. The highest BCUT2D eigenvalue weighted by Crippen LogP contribution is 2.35. The number of carboxylic acid groups (broad SMARTS) is 1. The second-order valence-corrected chi connectivity index (χ2v) is 11.9. The van der Waals surface area contributed by atoms with E-state index in [4.69, 9.17) is 32.0 Å². The third kappa shape index (κ3) is 10.5. The molecular formula is C36H43ClN8O5. The number of aryl methyl sites for hydroxylation is 1. The van der Waals surface area contributed by atoms with Gasteiger partial charge in [0.2, 0.25) is 11.9 Å². The highest BCUT2D eigenvalue weighted by molar-refractivity contribution is 6.34. The minimum Gasteiger partial charge on any atom is -0.492 e. The van der Waals surface area contributed by atoms with Crippen molar-refractivity contribution in [2.45, 2.75) is 40.2 Å². The number of hydrogen-bond donors (Lipinski definition) is 4. The molecule has 0 aliphatic carbocycles. The van der Waals surface area contributed by atoms with Crippen LogP contribution in [0.25, 0.3) is 0 Å². The number of hydrogen-bond acceptors (Lipinski definition) is 9. The molecule has 0 fully saturated rings. The predicted octanol–water partition coefficient (Wildman–Crippen LogP) is 6.42. The highest BCUT2D eigenvalue weighted by Gasteiger charge is 2.32. The first kappa shape index (κ1) is 37.4. The van der Waals surface area contributed by atoms with Crippen LogP contribution in [-0.2, 0) is 22.6 Å². The molecule has 4 aromatic rings. The minimum atomic E-state index is -0.833. The molecule has 0 saturated heterocycles. The smallest absolute Gasteiger partial charge is 0.330 e. The van der Waals surface area contributed by atoms with E-state index in [1.165, 1.54) is 4.90 Å². The quantitative estimate of drug-likeness (QED) is 0.114. The summed E-state index contributed by atoms with van der Waals surface area (Å²) in [5, 5.41) is 13.9. The summed E-state index contributed by atoms with van der Waals surface area (Å²) in [6.45, 7) is 9.06. The van der Waals surface area contributed by atoms with Gasteiger partial charge in [0.1, 0.15) is 18.2 Å². The van der Waals surface area contributed by atoms with Crippen LogP contribution in [0.5, 0.6) is 5.75 Å². The van der Waals surface area contributed by atoms with Crippen molar-refractivity contribution in [2.75, 3.05) is 59.5 Å². The first-order chi connectivity index (χ1) is 24.0. The summed E-state index contributed by atoms with van der Waals surface area (Å²) in [6, 6.07) is 19.8. The molecule has 0 radical (unpaired) electrons. The van der Waals surface area contributed by atoms with Crippen LogP contribution < -0.4 is 30.9 Å². The molecule has 5 N–H and O–H groups in total. The third-order valence-corrected chi connectivity index (χ3v) is 8.12. The number of amides is 3. The SMILES string of the molecule is CC(=O)O.CCN(CC)CCOc1ccc(Nc2ncc3c(n2)N(C)C(=O)N(c2cc(NC(=O)CCc4cccc(N)c4)ccc2Cl)C3)cc1. The van der Waals surface area contributed by atoms with E-state index >= 15 is 0 Å². The van der Waals surface area contributed by atoms with Crippen molar-refractivity contribution in [1.29, 1.82) is 0 Å². The van der Waals surface area contributed by atoms with Crippen molar-refractivity contribution in [3.05, 3.63) is 89.1 Å². The van der Waals surface area contributed by atoms with Gasteiger partial charge in [0.05, 0.1) is 17.3 Å². The van der Waals surface area contributed by atoms with Crippen molar-refractivity contribution >= 4 is 64.0 Å². The lowest BCUT2D eigenvalue weighted by Gasteiger charge is -2.34. The lowest BCUT2D eigenvalue weighted by Crippen LogP contribution is -2.46. The van der Waals surface area contributed by atoms with Crippen LogP contribution in [0.15, 0.2) is 72.9 Å². The Labute approximate surface area is 297 Å². The van der Waals surface area contributed by atoms with E-state index in [0.717, 1.165) is 49.1 Å². The highest BCUT2D eigenvalue weighted by atomic mass is 35.5. The standard InChI is InChI=1S/C34H39ClN8O3.C2H4O2/c1-4-42(5-2)17-18-46-28-13-10-26(11-14-28)39-33-37-21-24-22-43(34(45)41(3)32(24)40-33)30-20-27(12-15-29(30)35)38-31(44)16-9-23-7-6-8-25(36)19-23;1-2(3)4/h6-8,10-15,19-21H,4-5,9,16-18,22,36H2,1-3H3,(H,38,44)(H,37,39,40);1H3,(H,3,4). The number of aromatic nitrogens is 2. The molecule has 0 spiro atoms. The number of nitrogens with zero attached hydrogens (tertiary/aromatic N) is 5. The van der Waals surface area contributed by atoms with E-state index in [1.54, 1.807) is 36.3 Å². The summed E-state index contributed by atoms with van der Waals surface area (Å²) < 4.78 is 5.87. The molecule has 2 heterocycles. The monoisotopic (exact) mass is 702 g/mol. The number of nitrogens with two attached hydrogens (primary N) is 1. The number of benzene rings is 3. The number of nitrogen functional groups attached to an aromatic ring is 1. The van der Waals surface area contributed by atoms with Crippen LogP contribution in [0.3, 0.4) is 0 Å². The van der Waals surface area contributed by atoms with Crippen LogP contribution in [-0.4, -0.2) is 71.2 Å². The summed E-state index contributed by atoms with van der Waals surface area (Å²) in [5.74, 6) is 0.656. The maximum atomic E-state index is 13.5. The van der Waals surface area contributed by atoms with Crippen LogP contribution in [0.2, 0.25) is 5.02 Å². The van der Waals surface area contributed by atoms with Gasteiger partial charge in [-0.1, -0.05) is 37.6 Å². The molecular weight excluding hydrogens is 660 g/mol. The van der Waals surface area contributed by atoms with Gasteiger partial charge < -0.3 is 31.1 Å². The Morgan fingerprint density at radius 1 is 1.06 bits per heavy atom. The molecule has 0 bridgehead atoms. The van der Waals surface area contributed by atoms with E-state index in [0.29, 0.717) is 46.9 Å². The molecule has 0 unspecified atom stereocenters. The van der Waals surface area contributed by atoms with Crippen LogP contribution >= 0.6 is 11.6 Å². The maximum absolute atomic E-state index is 13.5. The molecule has 3 amide bonds. The number of carbonyl (C=O) groups is 3. The number of nitrogens with one attached hydrogen (secondary N) is 2. The molecule has 5 rings (SSSR count). The Hall–Kier alpha value is -5.40. The average molecular weight is 703 g/mol. The minimum absolute atomic E-state index is 0.158. The number of likely N-dealkylation sites (N-methyl/N-ethyl adjacent to an activating group) is 1. The van der Waals surface area contributed by atoms with E-state index in [9.17, 15) is 9.59 Å². The number of fused-ring (bicyclic) bond motifs is 1. The largest absolute Gasteiger partial charge is 0.492 e. The van der Waals surface area contributed by atoms with Crippen molar-refractivity contribution in [3.8, 4) is 5.75 Å². The fourth-order valence-corrected chi connectivity index (χ4v) is 5.40. The lowest BCUT2D eigenvalue weighted by molar-refractivity contribution is -0.134. The molecule has 264 valence electrons. The number of rotatable bonds is 13. The molecule has 0 atom stereocenters. The zero-order chi connectivity index (χ0) is 36.2. The second kappa shape index (κ2) is 17.8. The topological polar surface area (TPSA) is 166 Å². The van der Waals surface area contributed by atoms with Gasteiger partial charge in [0, 0.05) is 55.8 Å². The molecule has 3 aromatic carbocycles. The van der Waals surface area contributed by atoms with Gasteiger partial charge in [-0.3, -0.25) is 19.4 Å². The molecule has 1 aromatic heterocycles. The van der Waals surface area contributed by atoms with Gasteiger partial charge in [0.25, 0.3) is 5.97 Å². The van der Waals surface area contributed by atoms with Crippen molar-refractivity contribution in [1.82, 2.24) is 14.9 Å². The number of carbonyl (C=O) groups excluding carboxylic acids is 2. The summed E-state index contributed by atoms with van der Waals surface area (Å²) in [6.07, 6.45) is 2.53. The summed E-state index contributed by atoms with van der Waals surface area (Å²) in [5.41, 5.74) is 10.0. The lowest BCUT2D eigenvalue weighted by atomic mass is 10.1. The Kier molecular flexibility index (Phi) is 13.3. The van der Waals surface area contributed by atoms with E-state index in [2.05, 4.69) is 39.3 Å². The van der Waals surface area contributed by atoms with E-state index in [1.807, 2.05) is 48.5 Å². The van der Waals surface area contributed by atoms with Gasteiger partial charge in [-0.25, -0.2) is 9.78 Å². The van der Waals surface area contributed by atoms with Gasteiger partial charge >= 0.3 is 6.03 Å². The molecule has 1 aliphatic heterocycles. The number of anilines is 6. The van der Waals surface area contributed by atoms with Crippen LogP contribution in [0, 0.1) is 0 Å². The summed E-state index contributed by atoms with van der Waals surface area (Å²) in [4.78, 5) is 49.7. The number of halogens is 1. The normalized spacial score (nSPS) is 12.2. The number of carboxylic acids is 1.